The molecule has 4 fully saturated rings. The third-order valence-corrected chi connectivity index (χ3v) is 22.2. The Hall–Kier alpha value is -10.5. The molecule has 0 bridgehead atoms. The number of rotatable bonds is 24. The predicted octanol–water partition coefficient (Wildman–Crippen LogP) is 15.4. The number of nitriles is 4. The van der Waals surface area contributed by atoms with E-state index in [4.69, 9.17) is 8.94 Å². The Labute approximate surface area is 649 Å². The highest BCUT2D eigenvalue weighted by atomic mass is 16.5. The molecule has 9 N–H and O–H groups in total. The van der Waals surface area contributed by atoms with Gasteiger partial charge in [-0.2, -0.15) is 56.2 Å². The zero-order valence-electron chi connectivity index (χ0n) is 65.8. The summed E-state index contributed by atoms with van der Waals surface area (Å²) < 4.78 is 14.3. The molecule has 109 heavy (non-hydrogen) atoms. The second kappa shape index (κ2) is 38.5. The number of hydrogen-bond acceptors (Lipinski definition) is 27. The number of nitrogens with one attached hydrogen (secondary N) is 8. The van der Waals surface area contributed by atoms with E-state index in [9.17, 15) is 26.2 Å². The maximum Gasteiger partial charge on any atom is 0.224 e. The van der Waals surface area contributed by atoms with Crippen LogP contribution in [0.15, 0.2) is 70.4 Å². The molecule has 0 unspecified atom stereocenters. The number of aryl methyl sites for hydroxylation is 4. The first-order valence-corrected chi connectivity index (χ1v) is 38.1. The molecular formula is C80H124N26O3. The van der Waals surface area contributed by atoms with E-state index in [0.717, 1.165) is 93.7 Å². The van der Waals surface area contributed by atoms with Crippen LogP contribution in [0.4, 0.5) is 47.1 Å². The van der Waals surface area contributed by atoms with Crippen molar-refractivity contribution in [3.8, 4) is 24.3 Å². The van der Waals surface area contributed by atoms with Crippen molar-refractivity contribution in [3.05, 3.63) is 118 Å². The van der Waals surface area contributed by atoms with Gasteiger partial charge in [-0.25, -0.2) is 19.9 Å². The van der Waals surface area contributed by atoms with Gasteiger partial charge in [0.2, 0.25) is 29.7 Å². The fourth-order valence-corrected chi connectivity index (χ4v) is 14.3. The minimum absolute atomic E-state index is 0. The third kappa shape index (κ3) is 24.5. The van der Waals surface area contributed by atoms with Crippen LogP contribution < -0.4 is 42.5 Å². The maximum absolute atomic E-state index is 10.1. The van der Waals surface area contributed by atoms with Crippen LogP contribution in [0.1, 0.15) is 223 Å². The van der Waals surface area contributed by atoms with Crippen molar-refractivity contribution in [1.82, 2.24) is 69.6 Å². The van der Waals surface area contributed by atoms with Crippen LogP contribution in [0.25, 0.3) is 0 Å². The first-order valence-electron chi connectivity index (χ1n) is 38.1. The molecule has 0 aromatic carbocycles. The molecule has 29 nitrogen and oxygen atoms in total. The number of hydrogen-bond donors (Lipinski definition) is 9. The summed E-state index contributed by atoms with van der Waals surface area (Å²) in [6.45, 7) is 36.7. The summed E-state index contributed by atoms with van der Waals surface area (Å²) in [4.78, 5) is 39.3. The Morgan fingerprint density at radius 1 is 0.505 bits per heavy atom. The largest absolute Gasteiger partial charge is 0.466 e. The van der Waals surface area contributed by atoms with E-state index in [0.29, 0.717) is 161 Å². The average Bonchev–Trinajstić information content (AvgIpc) is 0.911. The number of aromatic nitrogens is 14. The van der Waals surface area contributed by atoms with Gasteiger partial charge in [-0.05, 0) is 162 Å². The second-order valence-corrected chi connectivity index (χ2v) is 32.3. The SMILES string of the molecule is C.Cc1ccc(CCNc2ncc(C#N)c(N[C@@H]3CC[C@H](C)C(C)(C)C3)n2)o1.Cc1ccn(CCNc2ncc(C#N)c(N[C@@H]3CC[C@H](C)C(C)(C)C3)n2)n1.Cc1ccnn1CCNc1ncc(C#N)c(N[C@@H]2CC[C@H](O)C(C)(C)C2)n1.Cc1nc(CCNc2ncc(C#N)c(N[C@@H]3CC[C@H](C)C(C)(C)C3)n2)no1.[HH].[HH].[HH].[HH]. The average molecular weight is 1500 g/mol. The van der Waals surface area contributed by atoms with E-state index in [1.807, 2.05) is 60.6 Å². The third-order valence-electron chi connectivity index (χ3n) is 22.2. The Balaban J connectivity index is 0.000000313. The first kappa shape index (κ1) is 84.1. The topological polar surface area (TPSA) is 402 Å². The van der Waals surface area contributed by atoms with E-state index < -0.39 is 0 Å². The van der Waals surface area contributed by atoms with Crippen molar-refractivity contribution in [3.63, 3.8) is 0 Å². The van der Waals surface area contributed by atoms with Gasteiger partial charge < -0.3 is 56.6 Å². The van der Waals surface area contributed by atoms with Gasteiger partial charge in [-0.3, -0.25) is 9.36 Å². The van der Waals surface area contributed by atoms with E-state index >= 15 is 0 Å². The van der Waals surface area contributed by atoms with E-state index in [1.165, 1.54) is 19.3 Å². The second-order valence-electron chi connectivity index (χ2n) is 32.3. The molecule has 0 amide bonds. The quantitative estimate of drug-likeness (QED) is 0.0271. The summed E-state index contributed by atoms with van der Waals surface area (Å²) in [5, 5.41) is 86.9. The molecule has 8 aromatic heterocycles. The Bertz CT molecular complexity index is 4090. The lowest BCUT2D eigenvalue weighted by Gasteiger charge is -2.41. The van der Waals surface area contributed by atoms with Crippen LogP contribution >= 0.6 is 0 Å². The molecule has 0 radical (unpaired) electrons. The van der Waals surface area contributed by atoms with E-state index in [-0.39, 0.29) is 41.5 Å². The number of nitrogens with zero attached hydrogens (tertiary/aromatic N) is 18. The van der Waals surface area contributed by atoms with Crippen LogP contribution in [0.3, 0.4) is 0 Å². The standard InChI is InChI=1S/C21H29N5O.C20H29N7.2C19H27N7O.CH4.4H2/c1-14-5-7-17(11-21(14,3)4)25-19-16(12-22)13-24-20(26-19)23-10-9-18-8-6-15(2)27-18;1-14-5-6-17(11-20(14,3)4)24-18-16(12-21)13-23-19(25-18)22-8-10-27-9-7-15(2)26-27;1-12-5-6-15(9-19(12,3)4)24-17-14(10-20)11-22-18(25-17)21-8-7-16-23-13(2)27-26-16;1-13-6-7-23-26(13)9-8-21-18-22-12-14(11-20)17(25-18)24-15-4-5-16(27)19(2,3)10-15;;;;;/h6,8,13-14,17H,5,7,9-11H2,1-4H3,(H2,23,24,25,26);7,9,13-14,17H,5-6,8,10-11H2,1-4H3,(H2,22,23,24,25);11-12,15H,5-9H2,1-4H3,(H2,21,22,24,25);6-7,12,15-16,27H,4-5,8-10H2,1-3H3,(H2,21,22,24,25);1H4;4*1H/t2*14-,17+;12-,15+;15-,16+;;;;;/m0001...../s1. The summed E-state index contributed by atoms with van der Waals surface area (Å²) in [5.41, 5.74) is 4.66. The van der Waals surface area contributed by atoms with Crippen molar-refractivity contribution in [2.45, 2.75) is 245 Å². The van der Waals surface area contributed by atoms with Gasteiger partial charge in [0.25, 0.3) is 0 Å². The summed E-state index contributed by atoms with van der Waals surface area (Å²) in [6, 6.07) is 17.8. The normalized spacial score (nSPS) is 21.2. The molecule has 0 spiro atoms. The molecule has 0 aliphatic heterocycles. The van der Waals surface area contributed by atoms with Crippen molar-refractivity contribution in [2.24, 2.45) is 39.4 Å². The van der Waals surface area contributed by atoms with Crippen molar-refractivity contribution in [1.29, 1.82) is 21.0 Å². The maximum atomic E-state index is 10.1. The molecule has 4 aliphatic rings. The predicted molar refractivity (Wildman–Crippen MR) is 434 cm³/mol. The molecule has 29 heteroatoms. The van der Waals surface area contributed by atoms with Gasteiger partial charge in [0.05, 0.1) is 49.7 Å². The molecule has 8 atom stereocenters. The Kier molecular flexibility index (Phi) is 29.7. The van der Waals surface area contributed by atoms with Gasteiger partial charge in [0.15, 0.2) is 5.82 Å². The van der Waals surface area contributed by atoms with Gasteiger partial charge in [-0.15, -0.1) is 0 Å². The lowest BCUT2D eigenvalue weighted by Crippen LogP contribution is -2.41. The Morgan fingerprint density at radius 2 is 0.908 bits per heavy atom. The zero-order chi connectivity index (χ0) is 77.8. The highest BCUT2D eigenvalue weighted by molar-refractivity contribution is 5.57. The lowest BCUT2D eigenvalue weighted by atomic mass is 9.68. The monoisotopic (exact) mass is 1500 g/mol. The van der Waals surface area contributed by atoms with Crippen molar-refractivity contribution >= 4 is 47.1 Å². The molecule has 0 saturated heterocycles. The molecular weight excluding hydrogens is 1370 g/mol. The van der Waals surface area contributed by atoms with Gasteiger partial charge in [-0.1, -0.05) is 88.7 Å². The molecule has 4 saturated carbocycles. The molecule has 4 aliphatic carbocycles. The molecule has 592 valence electrons. The zero-order valence-corrected chi connectivity index (χ0v) is 65.8. The van der Waals surface area contributed by atoms with E-state index in [1.54, 1.807) is 37.9 Å². The highest BCUT2D eigenvalue weighted by Gasteiger charge is 2.39. The number of furan rings is 1. The van der Waals surface area contributed by atoms with Crippen LogP contribution in [0.2, 0.25) is 0 Å². The van der Waals surface area contributed by atoms with Crippen molar-refractivity contribution in [2.75, 3.05) is 68.7 Å². The van der Waals surface area contributed by atoms with Gasteiger partial charge in [0.1, 0.15) is 81.3 Å². The molecule has 8 heterocycles. The van der Waals surface area contributed by atoms with Crippen LogP contribution in [-0.4, -0.2) is 131 Å². The van der Waals surface area contributed by atoms with E-state index in [2.05, 4.69) is 203 Å². The highest BCUT2D eigenvalue weighted by Crippen LogP contribution is 2.44. The number of aliphatic hydroxyl groups excluding tert-OH is 1. The summed E-state index contributed by atoms with van der Waals surface area (Å²) >= 11 is 0. The molecule has 8 aromatic rings. The van der Waals surface area contributed by atoms with Crippen LogP contribution in [-0.2, 0) is 25.9 Å². The van der Waals surface area contributed by atoms with Crippen LogP contribution in [0.5, 0.6) is 0 Å². The summed E-state index contributed by atoms with van der Waals surface area (Å²) in [6.07, 6.45) is 23.5. The first-order chi connectivity index (χ1) is 51.5. The molecule has 12 rings (SSSR count). The summed E-state index contributed by atoms with van der Waals surface area (Å²) in [7, 11) is 0. The smallest absolute Gasteiger partial charge is 0.224 e. The lowest BCUT2D eigenvalue weighted by molar-refractivity contribution is 0.00926. The minimum Gasteiger partial charge on any atom is -0.466 e. The number of anilines is 8. The van der Waals surface area contributed by atoms with Gasteiger partial charge >= 0.3 is 0 Å². The van der Waals surface area contributed by atoms with Gasteiger partial charge in [0, 0.05) is 93.9 Å². The number of aliphatic hydroxyl groups is 1. The summed E-state index contributed by atoms with van der Waals surface area (Å²) in [5.74, 6) is 9.58. The minimum atomic E-state index is -0.292. The fourth-order valence-electron chi connectivity index (χ4n) is 14.3. The van der Waals surface area contributed by atoms with Crippen LogP contribution in [0, 0.1) is 112 Å². The Morgan fingerprint density at radius 3 is 1.26 bits per heavy atom. The van der Waals surface area contributed by atoms with Crippen molar-refractivity contribution < 1.29 is 19.8 Å². The fraction of sp³-hybridized carbons (Fsp3) is 0.600.